The number of halogens is 5. The Balaban J connectivity index is -0.0000000945. The highest BCUT2D eigenvalue weighted by atomic mass is 79.9. The van der Waals surface area contributed by atoms with Crippen LogP contribution in [0.4, 0.5) is 0 Å². The molecule has 29 heavy (non-hydrogen) atoms. The zero-order chi connectivity index (χ0) is 21.2. The van der Waals surface area contributed by atoms with E-state index in [0.29, 0.717) is 31.0 Å². The van der Waals surface area contributed by atoms with Crippen molar-refractivity contribution < 1.29 is 70.2 Å². The third-order valence-electron chi connectivity index (χ3n) is 3.03. The quantitative estimate of drug-likeness (QED) is 0.173. The second-order valence-corrected chi connectivity index (χ2v) is 10.6. The molecule has 1 heterocycles. The van der Waals surface area contributed by atoms with Crippen LogP contribution in [0.1, 0.15) is 0 Å². The molecule has 0 bridgehead atoms. The summed E-state index contributed by atoms with van der Waals surface area (Å²) in [5.41, 5.74) is 0. The molecule has 1 saturated heterocycles. The molecule has 1 fully saturated rings. The summed E-state index contributed by atoms with van der Waals surface area (Å²) in [7, 11) is 18.7. The van der Waals surface area contributed by atoms with Crippen molar-refractivity contribution in [3.63, 3.8) is 0 Å². The summed E-state index contributed by atoms with van der Waals surface area (Å²) in [6, 6.07) is 0. The topological polar surface area (TPSA) is 53.0 Å². The zero-order valence-electron chi connectivity index (χ0n) is 19.5. The Morgan fingerprint density at radius 1 is 0.759 bits per heavy atom. The van der Waals surface area contributed by atoms with Crippen molar-refractivity contribution in [2.24, 2.45) is 0 Å². The fourth-order valence-electron chi connectivity index (χ4n) is 2.15. The first-order valence-corrected chi connectivity index (χ1v) is 10.1. The van der Waals surface area contributed by atoms with E-state index in [2.05, 4.69) is 21.1 Å². The first-order chi connectivity index (χ1) is 11.5. The van der Waals surface area contributed by atoms with Crippen molar-refractivity contribution in [1.29, 1.82) is 0 Å². The van der Waals surface area contributed by atoms with Gasteiger partial charge in [-0.25, -0.2) is 0 Å². The number of hydrogen-bond donors (Lipinski definition) is 2. The minimum atomic E-state index is -0.369. The Morgan fingerprint density at radius 3 is 1.10 bits per heavy atom. The lowest BCUT2D eigenvalue weighted by Crippen LogP contribution is -3.00. The number of rotatable bonds is 8. The van der Waals surface area contributed by atoms with Crippen LogP contribution in [0, 0.1) is 0 Å². The van der Waals surface area contributed by atoms with E-state index in [1.807, 2.05) is 42.3 Å². The lowest BCUT2D eigenvalue weighted by atomic mass is 10.3. The van der Waals surface area contributed by atoms with Crippen LogP contribution in [0.3, 0.4) is 0 Å². The number of aliphatic hydroxyl groups is 2. The van der Waals surface area contributed by atoms with E-state index >= 15 is 0 Å². The lowest BCUT2D eigenvalue weighted by Gasteiger charge is -2.25. The van der Waals surface area contributed by atoms with E-state index in [4.69, 9.17) is 38.2 Å². The second kappa shape index (κ2) is 18.9. The Hall–Kier alpha value is 1.40. The monoisotopic (exact) mass is 569 g/mol. The molecule has 0 radical (unpaired) electrons. The largest absolute Gasteiger partial charge is 1.00 e. The molecule has 0 aromatic carbocycles. The van der Waals surface area contributed by atoms with Crippen molar-refractivity contribution in [2.45, 2.75) is 18.3 Å². The minimum Gasteiger partial charge on any atom is -1.00 e. The molecule has 184 valence electrons. The van der Waals surface area contributed by atoms with Crippen LogP contribution in [0.2, 0.25) is 0 Å². The molecular formula is C18H44BrCl4N3O3. The number of quaternary nitrogens is 3. The van der Waals surface area contributed by atoms with Gasteiger partial charge in [-0.2, -0.15) is 0 Å². The molecule has 3 unspecified atom stereocenters. The van der Waals surface area contributed by atoms with Gasteiger partial charge < -0.3 is 70.2 Å². The molecule has 0 aromatic rings. The first-order valence-electron chi connectivity index (χ1n) is 9.00. The molecule has 0 amide bonds. The third-order valence-corrected chi connectivity index (χ3v) is 3.74. The van der Waals surface area contributed by atoms with Gasteiger partial charge in [0.15, 0.2) is 0 Å². The SMILES string of the molecule is C[N+](C)(C)CC(O)CCl.C[N+](C)(C)CC(O)CCl.C[N+](C)(C)CC1CO1.[Br-].[Cl-].[Cl-]. The first kappa shape index (κ1) is 40.7. The van der Waals surface area contributed by atoms with E-state index in [0.717, 1.165) is 26.6 Å². The summed E-state index contributed by atoms with van der Waals surface area (Å²) in [5, 5.41) is 18.1. The van der Waals surface area contributed by atoms with Gasteiger partial charge in [-0.15, -0.1) is 23.2 Å². The van der Waals surface area contributed by atoms with Gasteiger partial charge in [0, 0.05) is 0 Å². The molecule has 2 N–H and O–H groups in total. The Kier molecular flexibility index (Phi) is 26.6. The minimum absolute atomic E-state index is 0. The molecule has 0 saturated carbocycles. The number of ether oxygens (including phenoxy) is 1. The average Bonchev–Trinajstić information content (AvgIpc) is 3.17. The average molecular weight is 572 g/mol. The second-order valence-electron chi connectivity index (χ2n) is 9.99. The zero-order valence-corrected chi connectivity index (χ0v) is 24.1. The summed E-state index contributed by atoms with van der Waals surface area (Å²) in [6.45, 7) is 3.56. The van der Waals surface area contributed by atoms with E-state index in [1.54, 1.807) is 0 Å². The van der Waals surface area contributed by atoms with E-state index in [1.165, 1.54) is 0 Å². The van der Waals surface area contributed by atoms with Crippen LogP contribution in [0.5, 0.6) is 0 Å². The maximum absolute atomic E-state index is 9.05. The maximum Gasteiger partial charge on any atom is 0.130 e. The van der Waals surface area contributed by atoms with Gasteiger partial charge in [-0.1, -0.05) is 0 Å². The molecule has 1 aliphatic rings. The number of aliphatic hydroxyl groups excluding tert-OH is 2. The molecule has 1 aliphatic heterocycles. The summed E-state index contributed by atoms with van der Waals surface area (Å²) in [5.74, 6) is 0.658. The standard InChI is InChI=1S/2C6H15ClNO.C6H14NO.BrH.2ClH/c2*1-8(2,3)5-6(9)4-7;1-7(2,3)4-6-5-8-6;;;/h2*6,9H,4-5H2,1-3H3;6H,4-5H2,1-3H3;3*1H/q3*+1;;;/p-3. The highest BCUT2D eigenvalue weighted by molar-refractivity contribution is 6.18. The fraction of sp³-hybridized carbons (Fsp3) is 1.00. The predicted octanol–water partition coefficient (Wildman–Crippen LogP) is -8.31. The van der Waals surface area contributed by atoms with Crippen molar-refractivity contribution in [2.75, 3.05) is 101 Å². The summed E-state index contributed by atoms with van der Waals surface area (Å²) < 4.78 is 7.60. The number of hydrogen-bond acceptors (Lipinski definition) is 3. The van der Waals surface area contributed by atoms with Gasteiger partial charge in [0.1, 0.15) is 37.9 Å². The van der Waals surface area contributed by atoms with Gasteiger partial charge in [-0.05, 0) is 0 Å². The lowest BCUT2D eigenvalue weighted by molar-refractivity contribution is -0.873. The normalized spacial score (nSPS) is 17.5. The molecule has 6 nitrogen and oxygen atoms in total. The van der Waals surface area contributed by atoms with Crippen LogP contribution in [0.25, 0.3) is 0 Å². The summed E-state index contributed by atoms with van der Waals surface area (Å²) >= 11 is 10.8. The van der Waals surface area contributed by atoms with E-state index < -0.39 is 0 Å². The predicted molar refractivity (Wildman–Crippen MR) is 112 cm³/mol. The highest BCUT2D eigenvalue weighted by Gasteiger charge is 2.28. The number of likely N-dealkylation sites (N-methyl/N-ethyl adjacent to an activating group) is 3. The van der Waals surface area contributed by atoms with E-state index in [-0.39, 0.29) is 54.0 Å². The fourth-order valence-corrected chi connectivity index (χ4v) is 2.34. The van der Waals surface area contributed by atoms with Crippen LogP contribution < -0.4 is 41.8 Å². The number of epoxide rings is 1. The molecular weight excluding hydrogens is 528 g/mol. The van der Waals surface area contributed by atoms with Gasteiger partial charge in [0.2, 0.25) is 0 Å². The molecule has 0 aromatic heterocycles. The molecule has 3 atom stereocenters. The van der Waals surface area contributed by atoms with Gasteiger partial charge in [0.25, 0.3) is 0 Å². The maximum atomic E-state index is 9.05. The van der Waals surface area contributed by atoms with Crippen molar-refractivity contribution in [3.8, 4) is 0 Å². The highest BCUT2D eigenvalue weighted by Crippen LogP contribution is 2.11. The van der Waals surface area contributed by atoms with Crippen molar-refractivity contribution in [3.05, 3.63) is 0 Å². The van der Waals surface area contributed by atoms with Gasteiger partial charge >= 0.3 is 0 Å². The number of alkyl halides is 2. The molecule has 0 spiro atoms. The van der Waals surface area contributed by atoms with E-state index in [9.17, 15) is 0 Å². The molecule has 0 aliphatic carbocycles. The third kappa shape index (κ3) is 40.3. The Labute approximate surface area is 212 Å². The number of nitrogens with zero attached hydrogens (tertiary/aromatic N) is 3. The van der Waals surface area contributed by atoms with Gasteiger partial charge in [-0.3, -0.25) is 0 Å². The van der Waals surface area contributed by atoms with Crippen molar-refractivity contribution in [1.82, 2.24) is 0 Å². The van der Waals surface area contributed by atoms with Crippen molar-refractivity contribution >= 4 is 23.2 Å². The summed E-state index contributed by atoms with van der Waals surface area (Å²) in [6.07, 6.45) is -0.173. The van der Waals surface area contributed by atoms with Crippen LogP contribution in [0.15, 0.2) is 0 Å². The Morgan fingerprint density at radius 2 is 1.03 bits per heavy atom. The smallest absolute Gasteiger partial charge is 0.130 e. The Bertz CT molecular complexity index is 340. The van der Waals surface area contributed by atoms with Crippen LogP contribution in [-0.4, -0.2) is 143 Å². The molecule has 1 rings (SSSR count). The van der Waals surface area contributed by atoms with Crippen LogP contribution >= 0.6 is 23.2 Å². The van der Waals surface area contributed by atoms with Crippen LogP contribution in [-0.2, 0) is 4.74 Å². The molecule has 11 heteroatoms. The summed E-state index contributed by atoms with van der Waals surface area (Å²) in [4.78, 5) is 0. The van der Waals surface area contributed by atoms with Gasteiger partial charge in [0.05, 0.1) is 81.8 Å².